The molecule has 0 saturated heterocycles. The first-order chi connectivity index (χ1) is 11.5. The number of nitrogens with one attached hydrogen (secondary N) is 2. The number of thiazole rings is 1. The van der Waals surface area contributed by atoms with Crippen molar-refractivity contribution in [2.45, 2.75) is 33.7 Å². The van der Waals surface area contributed by atoms with E-state index in [1.54, 1.807) is 25.5 Å². The van der Waals surface area contributed by atoms with Gasteiger partial charge in [0.15, 0.2) is 5.96 Å². The molecule has 2 rings (SSSR count). The van der Waals surface area contributed by atoms with Crippen LogP contribution in [0.15, 0.2) is 23.2 Å². The molecule has 1 aromatic heterocycles. The number of rotatable bonds is 6. The second kappa shape index (κ2) is 8.68. The Bertz CT molecular complexity index is 690. The van der Waals surface area contributed by atoms with E-state index in [2.05, 4.69) is 47.4 Å². The molecule has 130 valence electrons. The van der Waals surface area contributed by atoms with E-state index in [9.17, 15) is 0 Å². The summed E-state index contributed by atoms with van der Waals surface area (Å²) in [6.45, 7) is 7.74. The number of hydrogen-bond donors (Lipinski definition) is 2. The van der Waals surface area contributed by atoms with Gasteiger partial charge in [-0.1, -0.05) is 6.07 Å². The fourth-order valence-electron chi connectivity index (χ4n) is 2.38. The maximum absolute atomic E-state index is 5.31. The minimum atomic E-state index is 0.702. The van der Waals surface area contributed by atoms with Crippen LogP contribution >= 0.6 is 11.3 Å². The maximum Gasteiger partial charge on any atom is 0.191 e. The number of benzene rings is 1. The van der Waals surface area contributed by atoms with Gasteiger partial charge in [0.05, 0.1) is 17.8 Å². The fraction of sp³-hybridized carbons (Fsp3) is 0.444. The summed E-state index contributed by atoms with van der Waals surface area (Å²) in [4.78, 5) is 10.1. The van der Waals surface area contributed by atoms with Gasteiger partial charge in [-0.15, -0.1) is 11.3 Å². The molecule has 0 aliphatic rings. The Kier molecular flexibility index (Phi) is 6.61. The number of aryl methyl sites for hydroxylation is 3. The Labute approximate surface area is 148 Å². The molecule has 0 fully saturated rings. The van der Waals surface area contributed by atoms with E-state index in [0.29, 0.717) is 6.54 Å². The predicted octanol–water partition coefficient (Wildman–Crippen LogP) is 2.98. The summed E-state index contributed by atoms with van der Waals surface area (Å²) in [5.41, 5.74) is 3.48. The molecule has 5 nitrogen and oxygen atoms in total. The van der Waals surface area contributed by atoms with Crippen molar-refractivity contribution < 1.29 is 4.74 Å². The molecule has 0 unspecified atom stereocenters. The van der Waals surface area contributed by atoms with Gasteiger partial charge in [0.1, 0.15) is 5.75 Å². The minimum Gasteiger partial charge on any atom is -0.497 e. The number of hydrogen-bond acceptors (Lipinski definition) is 4. The average molecular weight is 347 g/mol. The number of nitrogens with zero attached hydrogens (tertiary/aromatic N) is 2. The van der Waals surface area contributed by atoms with Crippen molar-refractivity contribution in [1.29, 1.82) is 0 Å². The number of methoxy groups -OCH3 is 1. The number of ether oxygens (including phenoxy) is 1. The van der Waals surface area contributed by atoms with Gasteiger partial charge in [0, 0.05) is 31.4 Å². The first-order valence-electron chi connectivity index (χ1n) is 8.03. The van der Waals surface area contributed by atoms with Crippen LogP contribution in [-0.2, 0) is 13.0 Å². The number of aromatic nitrogens is 1. The van der Waals surface area contributed by atoms with Gasteiger partial charge in [0.25, 0.3) is 0 Å². The molecule has 0 radical (unpaired) electrons. The molecule has 0 atom stereocenters. The molecule has 0 bridgehead atoms. The summed E-state index contributed by atoms with van der Waals surface area (Å²) >= 11 is 1.76. The van der Waals surface area contributed by atoms with Crippen molar-refractivity contribution in [3.63, 3.8) is 0 Å². The first-order valence-corrected chi connectivity index (χ1v) is 8.85. The monoisotopic (exact) mass is 346 g/mol. The molecule has 0 aliphatic heterocycles. The van der Waals surface area contributed by atoms with Crippen molar-refractivity contribution in [2.75, 3.05) is 20.7 Å². The SMILES string of the molecule is CN=C(NCCc1nc(C)c(C)s1)NCc1cc(C)cc(OC)c1. The quantitative estimate of drug-likeness (QED) is 0.624. The van der Waals surface area contributed by atoms with E-state index < -0.39 is 0 Å². The highest BCUT2D eigenvalue weighted by molar-refractivity contribution is 7.11. The van der Waals surface area contributed by atoms with Crippen LogP contribution in [0.2, 0.25) is 0 Å². The lowest BCUT2D eigenvalue weighted by Gasteiger charge is -2.12. The Hall–Kier alpha value is -2.08. The van der Waals surface area contributed by atoms with Crippen LogP contribution in [-0.4, -0.2) is 31.6 Å². The van der Waals surface area contributed by atoms with Crippen molar-refractivity contribution >= 4 is 17.3 Å². The van der Waals surface area contributed by atoms with E-state index in [4.69, 9.17) is 4.74 Å². The predicted molar refractivity (Wildman–Crippen MR) is 101 cm³/mol. The second-order valence-electron chi connectivity index (χ2n) is 5.71. The van der Waals surface area contributed by atoms with Crippen LogP contribution in [0.3, 0.4) is 0 Å². The van der Waals surface area contributed by atoms with Crippen molar-refractivity contribution in [2.24, 2.45) is 4.99 Å². The minimum absolute atomic E-state index is 0.702. The molecular formula is C18H26N4OS. The number of aliphatic imine (C=N–C) groups is 1. The van der Waals surface area contributed by atoms with Gasteiger partial charge >= 0.3 is 0 Å². The average Bonchev–Trinajstić information content (AvgIpc) is 2.88. The molecule has 2 N–H and O–H groups in total. The van der Waals surface area contributed by atoms with Gasteiger partial charge in [-0.05, 0) is 44.0 Å². The van der Waals surface area contributed by atoms with Gasteiger partial charge in [-0.3, -0.25) is 4.99 Å². The van der Waals surface area contributed by atoms with Gasteiger partial charge in [-0.2, -0.15) is 0 Å². The fourth-order valence-corrected chi connectivity index (χ4v) is 3.32. The first kappa shape index (κ1) is 18.3. The van der Waals surface area contributed by atoms with Gasteiger partial charge < -0.3 is 15.4 Å². The van der Waals surface area contributed by atoms with E-state index in [0.717, 1.165) is 35.4 Å². The summed E-state index contributed by atoms with van der Waals surface area (Å²) in [6.07, 6.45) is 0.901. The molecule has 0 spiro atoms. The molecule has 6 heteroatoms. The normalized spacial score (nSPS) is 11.5. The smallest absolute Gasteiger partial charge is 0.191 e. The zero-order valence-corrected chi connectivity index (χ0v) is 15.9. The largest absolute Gasteiger partial charge is 0.497 e. The lowest BCUT2D eigenvalue weighted by atomic mass is 10.1. The van der Waals surface area contributed by atoms with Crippen LogP contribution in [0.1, 0.15) is 26.7 Å². The topological polar surface area (TPSA) is 58.5 Å². The van der Waals surface area contributed by atoms with Crippen molar-refractivity contribution in [3.05, 3.63) is 44.9 Å². The highest BCUT2D eigenvalue weighted by Crippen LogP contribution is 2.17. The summed E-state index contributed by atoms with van der Waals surface area (Å²) in [7, 11) is 3.47. The highest BCUT2D eigenvalue weighted by Gasteiger charge is 2.05. The van der Waals surface area contributed by atoms with Crippen LogP contribution in [0.4, 0.5) is 0 Å². The van der Waals surface area contributed by atoms with Crippen LogP contribution in [0.5, 0.6) is 5.75 Å². The molecule has 1 aromatic carbocycles. The van der Waals surface area contributed by atoms with Crippen LogP contribution < -0.4 is 15.4 Å². The van der Waals surface area contributed by atoms with Gasteiger partial charge in [-0.25, -0.2) is 4.98 Å². The standard InChI is InChI=1S/C18H26N4OS/c1-12-8-15(10-16(9-12)23-5)11-21-18(19-4)20-7-6-17-22-13(2)14(3)24-17/h8-10H,6-7,11H2,1-5H3,(H2,19,20,21). The van der Waals surface area contributed by atoms with E-state index in [-0.39, 0.29) is 0 Å². The van der Waals surface area contributed by atoms with Gasteiger partial charge in [0.2, 0.25) is 0 Å². The summed E-state index contributed by atoms with van der Waals surface area (Å²) in [5.74, 6) is 1.67. The Morgan fingerprint density at radius 2 is 2.00 bits per heavy atom. The van der Waals surface area contributed by atoms with E-state index >= 15 is 0 Å². The van der Waals surface area contributed by atoms with Crippen molar-refractivity contribution in [1.82, 2.24) is 15.6 Å². The van der Waals surface area contributed by atoms with Crippen molar-refractivity contribution in [3.8, 4) is 5.75 Å². The molecule has 0 aliphatic carbocycles. The summed E-state index contributed by atoms with van der Waals surface area (Å²) in [6, 6.07) is 6.20. The summed E-state index contributed by atoms with van der Waals surface area (Å²) < 4.78 is 5.31. The molecule has 0 saturated carbocycles. The Morgan fingerprint density at radius 1 is 1.21 bits per heavy atom. The van der Waals surface area contributed by atoms with E-state index in [1.165, 1.54) is 16.0 Å². The lowest BCUT2D eigenvalue weighted by Crippen LogP contribution is -2.37. The van der Waals surface area contributed by atoms with Crippen LogP contribution in [0, 0.1) is 20.8 Å². The third-order valence-corrected chi connectivity index (χ3v) is 4.87. The maximum atomic E-state index is 5.31. The molecule has 0 amide bonds. The second-order valence-corrected chi connectivity index (χ2v) is 7.00. The van der Waals surface area contributed by atoms with Crippen LogP contribution in [0.25, 0.3) is 0 Å². The molecule has 1 heterocycles. The summed E-state index contributed by atoms with van der Waals surface area (Å²) in [5, 5.41) is 7.83. The zero-order valence-electron chi connectivity index (χ0n) is 15.1. The highest BCUT2D eigenvalue weighted by atomic mass is 32.1. The molecular weight excluding hydrogens is 320 g/mol. The Morgan fingerprint density at radius 3 is 2.62 bits per heavy atom. The zero-order chi connectivity index (χ0) is 17.5. The lowest BCUT2D eigenvalue weighted by molar-refractivity contribution is 0.414. The third-order valence-electron chi connectivity index (χ3n) is 3.73. The third kappa shape index (κ3) is 5.23. The molecule has 2 aromatic rings. The number of guanidine groups is 1. The molecule has 24 heavy (non-hydrogen) atoms. The van der Waals surface area contributed by atoms with E-state index in [1.807, 2.05) is 12.1 Å². The Balaban J connectivity index is 1.83.